The largest absolute Gasteiger partial charge is 0.534 e. The molecule has 1 aliphatic heterocycles. The molecule has 166 valence electrons. The fourth-order valence-corrected chi connectivity index (χ4v) is 2.63. The molecule has 0 atom stereocenters. The highest BCUT2D eigenvalue weighted by Crippen LogP contribution is 2.28. The van der Waals surface area contributed by atoms with Crippen LogP contribution in [0.5, 0.6) is 0 Å². The smallest absolute Gasteiger partial charge is 0.444 e. The second-order valence-corrected chi connectivity index (χ2v) is 8.79. The first-order valence-electron chi connectivity index (χ1n) is 8.80. The second-order valence-electron chi connectivity index (χ2n) is 7.26. The molecule has 0 fully saturated rings. The van der Waals surface area contributed by atoms with Crippen molar-refractivity contribution >= 4 is 16.2 Å². The van der Waals surface area contributed by atoms with E-state index in [1.165, 1.54) is 4.90 Å². The summed E-state index contributed by atoms with van der Waals surface area (Å²) >= 11 is 0. The summed E-state index contributed by atoms with van der Waals surface area (Å²) in [6.45, 7) is 6.88. The summed E-state index contributed by atoms with van der Waals surface area (Å²) < 4.78 is 67.2. The van der Waals surface area contributed by atoms with Crippen molar-refractivity contribution in [3.05, 3.63) is 47.2 Å². The van der Waals surface area contributed by atoms with Crippen LogP contribution in [0.1, 0.15) is 38.3 Å². The van der Waals surface area contributed by atoms with Gasteiger partial charge in [-0.1, -0.05) is 18.2 Å². The zero-order valence-electron chi connectivity index (χ0n) is 17.0. The van der Waals surface area contributed by atoms with Crippen LogP contribution in [-0.4, -0.2) is 43.6 Å². The van der Waals surface area contributed by atoms with Gasteiger partial charge in [-0.3, -0.25) is 0 Å². The van der Waals surface area contributed by atoms with Crippen LogP contribution in [-0.2, 0) is 19.0 Å². The minimum absolute atomic E-state index is 0.00806. The SMILES string of the molecule is CC(C)(C)OC(=O)N1CC=C(OS(=O)(=O)C(F)(F)F)CC1.Cc1ccccc1C#N. The highest BCUT2D eigenvalue weighted by molar-refractivity contribution is 7.87. The number of carbonyl (C=O) groups is 1. The van der Waals surface area contributed by atoms with E-state index in [4.69, 9.17) is 10.00 Å². The highest BCUT2D eigenvalue weighted by Gasteiger charge is 2.49. The molecular weight excluding hydrogens is 425 g/mol. The summed E-state index contributed by atoms with van der Waals surface area (Å²) in [7, 11) is -5.67. The first-order valence-corrected chi connectivity index (χ1v) is 10.2. The minimum Gasteiger partial charge on any atom is -0.444 e. The molecule has 1 aromatic carbocycles. The molecule has 1 amide bonds. The van der Waals surface area contributed by atoms with Crippen LogP contribution in [0, 0.1) is 18.3 Å². The van der Waals surface area contributed by atoms with Crippen molar-refractivity contribution < 1.29 is 35.3 Å². The number of alkyl halides is 3. The number of halogens is 3. The molecule has 0 bridgehead atoms. The average Bonchev–Trinajstić information content (AvgIpc) is 2.60. The number of benzene rings is 1. The molecule has 2 rings (SSSR count). The van der Waals surface area contributed by atoms with Gasteiger partial charge in [0.1, 0.15) is 11.4 Å². The van der Waals surface area contributed by atoms with Crippen LogP contribution in [0.4, 0.5) is 18.0 Å². The molecule has 1 aliphatic rings. The normalized spacial score (nSPS) is 14.6. The third-order valence-corrected chi connectivity index (χ3v) is 4.59. The number of hydrogen-bond acceptors (Lipinski definition) is 6. The maximum atomic E-state index is 12.2. The molecule has 0 saturated carbocycles. The van der Waals surface area contributed by atoms with Gasteiger partial charge < -0.3 is 13.8 Å². The molecule has 30 heavy (non-hydrogen) atoms. The van der Waals surface area contributed by atoms with E-state index in [0.717, 1.165) is 17.2 Å². The average molecular weight is 448 g/mol. The van der Waals surface area contributed by atoms with Crippen LogP contribution in [0.15, 0.2) is 36.1 Å². The van der Waals surface area contributed by atoms with E-state index in [1.54, 1.807) is 20.8 Å². The van der Waals surface area contributed by atoms with Gasteiger partial charge in [0, 0.05) is 19.5 Å². The summed E-state index contributed by atoms with van der Waals surface area (Å²) in [4.78, 5) is 12.9. The number of aryl methyl sites for hydroxylation is 1. The molecular formula is C19H23F3N2O5S. The molecule has 0 aromatic heterocycles. The summed E-state index contributed by atoms with van der Waals surface area (Å²) in [5, 5.41) is 8.47. The van der Waals surface area contributed by atoms with Crippen molar-refractivity contribution in [2.45, 2.75) is 45.2 Å². The van der Waals surface area contributed by atoms with Crippen LogP contribution in [0.25, 0.3) is 0 Å². The lowest BCUT2D eigenvalue weighted by Gasteiger charge is -2.29. The van der Waals surface area contributed by atoms with Crippen LogP contribution in [0.2, 0.25) is 0 Å². The van der Waals surface area contributed by atoms with Crippen molar-refractivity contribution in [2.24, 2.45) is 0 Å². The number of nitriles is 1. The Morgan fingerprint density at radius 1 is 1.20 bits per heavy atom. The summed E-state index contributed by atoms with van der Waals surface area (Å²) in [6.07, 6.45) is 0.335. The Morgan fingerprint density at radius 3 is 2.20 bits per heavy atom. The van der Waals surface area contributed by atoms with Gasteiger partial charge in [0.05, 0.1) is 11.6 Å². The maximum absolute atomic E-state index is 12.2. The second kappa shape index (κ2) is 9.84. The minimum atomic E-state index is -5.67. The summed E-state index contributed by atoms with van der Waals surface area (Å²) in [5.74, 6) is -0.341. The quantitative estimate of drug-likeness (QED) is 0.496. The van der Waals surface area contributed by atoms with Gasteiger partial charge in [-0.15, -0.1) is 0 Å². The van der Waals surface area contributed by atoms with Gasteiger partial charge in [0.25, 0.3) is 0 Å². The standard InChI is InChI=1S/C11H16F3NO5S.C8H7N/c1-10(2,3)19-9(16)15-6-4-8(5-7-15)20-21(17,18)11(12,13)14;1-7-4-2-3-5-8(7)6-9/h4H,5-7H2,1-3H3;2-5H,1H3. The lowest BCUT2D eigenvalue weighted by Crippen LogP contribution is -2.39. The van der Waals surface area contributed by atoms with E-state index in [1.807, 2.05) is 31.2 Å². The molecule has 1 aromatic rings. The molecule has 7 nitrogen and oxygen atoms in total. The summed E-state index contributed by atoms with van der Waals surface area (Å²) in [6, 6.07) is 9.63. The molecule has 0 unspecified atom stereocenters. The molecule has 0 radical (unpaired) electrons. The predicted molar refractivity (Wildman–Crippen MR) is 102 cm³/mol. The Hall–Kier alpha value is -2.74. The van der Waals surface area contributed by atoms with Crippen LogP contribution >= 0.6 is 0 Å². The van der Waals surface area contributed by atoms with Crippen molar-refractivity contribution in [3.8, 4) is 6.07 Å². The molecule has 11 heteroatoms. The van der Waals surface area contributed by atoms with E-state index in [2.05, 4.69) is 10.3 Å². The van der Waals surface area contributed by atoms with Crippen molar-refractivity contribution in [1.29, 1.82) is 5.26 Å². The zero-order valence-corrected chi connectivity index (χ0v) is 17.8. The third kappa shape index (κ3) is 7.94. The number of ether oxygens (including phenoxy) is 1. The number of hydrogen-bond donors (Lipinski definition) is 0. The van der Waals surface area contributed by atoms with Gasteiger partial charge in [-0.2, -0.15) is 26.9 Å². The van der Waals surface area contributed by atoms with Crippen LogP contribution in [0.3, 0.4) is 0 Å². The fraction of sp³-hybridized carbons (Fsp3) is 0.474. The number of nitrogens with zero attached hydrogens (tertiary/aromatic N) is 2. The Morgan fingerprint density at radius 2 is 1.80 bits per heavy atom. The number of carbonyl (C=O) groups excluding carboxylic acids is 1. The molecule has 0 N–H and O–H groups in total. The van der Waals surface area contributed by atoms with Gasteiger partial charge in [-0.05, 0) is 45.4 Å². The first-order chi connectivity index (χ1) is 13.7. The van der Waals surface area contributed by atoms with E-state index in [-0.39, 0.29) is 25.3 Å². The number of amides is 1. The maximum Gasteiger partial charge on any atom is 0.534 e. The van der Waals surface area contributed by atoms with Gasteiger partial charge in [0.2, 0.25) is 0 Å². The third-order valence-electron chi connectivity index (χ3n) is 3.58. The van der Waals surface area contributed by atoms with Crippen molar-refractivity contribution in [3.63, 3.8) is 0 Å². The summed E-state index contributed by atoms with van der Waals surface area (Å²) in [5.41, 5.74) is -4.37. The Labute approximate surface area is 173 Å². The van der Waals surface area contributed by atoms with Gasteiger partial charge in [0.15, 0.2) is 0 Å². The molecule has 1 heterocycles. The lowest BCUT2D eigenvalue weighted by atomic mass is 10.1. The van der Waals surface area contributed by atoms with Crippen molar-refractivity contribution in [2.75, 3.05) is 13.1 Å². The van der Waals surface area contributed by atoms with E-state index < -0.39 is 27.3 Å². The number of rotatable bonds is 2. The monoisotopic (exact) mass is 448 g/mol. The Kier molecular flexibility index (Phi) is 8.30. The molecule has 0 aliphatic carbocycles. The Balaban J connectivity index is 0.000000414. The topological polar surface area (TPSA) is 96.7 Å². The van der Waals surface area contributed by atoms with Crippen molar-refractivity contribution in [1.82, 2.24) is 4.90 Å². The predicted octanol–water partition coefficient (Wildman–Crippen LogP) is 4.24. The van der Waals surface area contributed by atoms with E-state index in [0.29, 0.717) is 0 Å². The van der Waals surface area contributed by atoms with E-state index in [9.17, 15) is 26.4 Å². The van der Waals surface area contributed by atoms with Gasteiger partial charge in [-0.25, -0.2) is 4.79 Å². The zero-order chi connectivity index (χ0) is 23.2. The lowest BCUT2D eigenvalue weighted by molar-refractivity contribution is -0.0525. The van der Waals surface area contributed by atoms with Crippen LogP contribution < -0.4 is 0 Å². The van der Waals surface area contributed by atoms with Gasteiger partial charge >= 0.3 is 21.7 Å². The first kappa shape index (κ1) is 25.3. The Bertz CT molecular complexity index is 929. The van der Waals surface area contributed by atoms with E-state index >= 15 is 0 Å². The molecule has 0 saturated heterocycles. The fourth-order valence-electron chi connectivity index (χ4n) is 2.11. The molecule has 0 spiro atoms. The highest BCUT2D eigenvalue weighted by atomic mass is 32.2.